The van der Waals surface area contributed by atoms with Gasteiger partial charge in [-0.3, -0.25) is 4.79 Å². The molecule has 3 aromatic rings. The van der Waals surface area contributed by atoms with Crippen LogP contribution in [0, 0.1) is 13.8 Å². The van der Waals surface area contributed by atoms with E-state index in [9.17, 15) is 4.79 Å². The van der Waals surface area contributed by atoms with Crippen LogP contribution in [-0.4, -0.2) is 22.2 Å². The van der Waals surface area contributed by atoms with E-state index < -0.39 is 6.10 Å². The summed E-state index contributed by atoms with van der Waals surface area (Å²) in [5, 5.41) is 7.25. The number of rotatable bonds is 7. The molecule has 0 aliphatic heterocycles. The summed E-state index contributed by atoms with van der Waals surface area (Å²) in [6.07, 6.45) is -0.0687. The van der Waals surface area contributed by atoms with Crippen LogP contribution in [0.25, 0.3) is 11.4 Å². The molecular formula is C21H22ClN3O3. The minimum atomic E-state index is -0.604. The number of aromatic nitrogens is 2. The lowest BCUT2D eigenvalue weighted by Gasteiger charge is -2.18. The van der Waals surface area contributed by atoms with Gasteiger partial charge in [0.25, 0.3) is 5.91 Å². The Labute approximate surface area is 168 Å². The Morgan fingerprint density at radius 3 is 2.75 bits per heavy atom. The van der Waals surface area contributed by atoms with Crippen LogP contribution < -0.4 is 10.1 Å². The normalized spacial score (nSPS) is 11.9. The predicted octanol–water partition coefficient (Wildman–Crippen LogP) is 4.48. The zero-order valence-electron chi connectivity index (χ0n) is 16.0. The van der Waals surface area contributed by atoms with Crippen LogP contribution in [0.1, 0.15) is 30.4 Å². The quantitative estimate of drug-likeness (QED) is 0.633. The second kappa shape index (κ2) is 8.89. The second-order valence-corrected chi connectivity index (χ2v) is 6.90. The molecular weight excluding hydrogens is 378 g/mol. The van der Waals surface area contributed by atoms with E-state index in [2.05, 4.69) is 15.5 Å². The van der Waals surface area contributed by atoms with Gasteiger partial charge in [0.1, 0.15) is 5.75 Å². The fourth-order valence-electron chi connectivity index (χ4n) is 2.76. The van der Waals surface area contributed by atoms with Gasteiger partial charge in [0.05, 0.1) is 11.6 Å². The fourth-order valence-corrected chi connectivity index (χ4v) is 2.98. The standard InChI is InChI=1S/C21H22ClN3O3/c1-4-17(27-18-10-9-13(2)11-14(18)3)21(26)23-12-19-24-20(25-28-19)15-7-5-6-8-16(15)22/h5-11,17H,4,12H2,1-3H3,(H,23,26)/t17-/m0/s1. The van der Waals surface area contributed by atoms with E-state index in [4.69, 9.17) is 20.9 Å². The number of hydrogen-bond donors (Lipinski definition) is 1. The van der Waals surface area contributed by atoms with Crippen molar-refractivity contribution in [2.75, 3.05) is 0 Å². The van der Waals surface area contributed by atoms with Crippen molar-refractivity contribution in [3.8, 4) is 17.1 Å². The van der Waals surface area contributed by atoms with Crippen LogP contribution in [0.5, 0.6) is 5.75 Å². The van der Waals surface area contributed by atoms with Gasteiger partial charge in [-0.25, -0.2) is 0 Å². The number of carbonyl (C=O) groups excluding carboxylic acids is 1. The average molecular weight is 400 g/mol. The maximum Gasteiger partial charge on any atom is 0.261 e. The molecule has 0 saturated carbocycles. The fraction of sp³-hybridized carbons (Fsp3) is 0.286. The molecule has 0 spiro atoms. The van der Waals surface area contributed by atoms with Gasteiger partial charge < -0.3 is 14.6 Å². The van der Waals surface area contributed by atoms with Crippen LogP contribution in [0.15, 0.2) is 47.0 Å². The topological polar surface area (TPSA) is 77.2 Å². The summed E-state index contributed by atoms with van der Waals surface area (Å²) < 4.78 is 11.1. The molecule has 28 heavy (non-hydrogen) atoms. The lowest BCUT2D eigenvalue weighted by Crippen LogP contribution is -2.37. The molecule has 0 radical (unpaired) electrons. The Morgan fingerprint density at radius 1 is 1.25 bits per heavy atom. The molecule has 0 bridgehead atoms. The van der Waals surface area contributed by atoms with Crippen molar-refractivity contribution in [2.24, 2.45) is 0 Å². The SMILES string of the molecule is CC[C@H](Oc1ccc(C)cc1C)C(=O)NCc1nc(-c2ccccc2Cl)no1. The Morgan fingerprint density at radius 2 is 2.04 bits per heavy atom. The first-order valence-corrected chi connectivity index (χ1v) is 9.44. The highest BCUT2D eigenvalue weighted by atomic mass is 35.5. The summed E-state index contributed by atoms with van der Waals surface area (Å²) in [5.41, 5.74) is 2.82. The zero-order valence-corrected chi connectivity index (χ0v) is 16.8. The van der Waals surface area contributed by atoms with Crippen LogP contribution in [0.2, 0.25) is 5.02 Å². The first kappa shape index (κ1) is 19.9. The van der Waals surface area contributed by atoms with Crippen LogP contribution in [0.4, 0.5) is 0 Å². The molecule has 0 unspecified atom stereocenters. The molecule has 146 valence electrons. The number of aryl methyl sites for hydroxylation is 2. The van der Waals surface area contributed by atoms with Gasteiger partial charge in [0.2, 0.25) is 11.7 Å². The van der Waals surface area contributed by atoms with E-state index in [0.717, 1.165) is 11.1 Å². The summed E-state index contributed by atoms with van der Waals surface area (Å²) in [5.74, 6) is 1.14. The molecule has 1 aromatic heterocycles. The monoisotopic (exact) mass is 399 g/mol. The minimum absolute atomic E-state index is 0.114. The highest BCUT2D eigenvalue weighted by molar-refractivity contribution is 6.33. The molecule has 0 aliphatic rings. The van der Waals surface area contributed by atoms with E-state index in [-0.39, 0.29) is 12.5 Å². The van der Waals surface area contributed by atoms with Gasteiger partial charge in [0, 0.05) is 5.56 Å². The number of ether oxygens (including phenoxy) is 1. The minimum Gasteiger partial charge on any atom is -0.480 e. The van der Waals surface area contributed by atoms with E-state index in [1.807, 2.05) is 51.1 Å². The molecule has 1 amide bonds. The van der Waals surface area contributed by atoms with E-state index >= 15 is 0 Å². The number of halogens is 1. The summed E-state index contributed by atoms with van der Waals surface area (Å²) in [4.78, 5) is 16.8. The molecule has 1 heterocycles. The zero-order chi connectivity index (χ0) is 20.1. The molecule has 0 aliphatic carbocycles. The van der Waals surface area contributed by atoms with E-state index in [1.54, 1.807) is 12.1 Å². The van der Waals surface area contributed by atoms with Gasteiger partial charge in [-0.1, -0.05) is 53.5 Å². The molecule has 6 nitrogen and oxygen atoms in total. The molecule has 1 N–H and O–H groups in total. The lowest BCUT2D eigenvalue weighted by atomic mass is 10.1. The van der Waals surface area contributed by atoms with Crippen molar-refractivity contribution in [2.45, 2.75) is 39.8 Å². The molecule has 3 rings (SSSR count). The summed E-state index contributed by atoms with van der Waals surface area (Å²) in [6, 6.07) is 13.1. The van der Waals surface area contributed by atoms with Crippen molar-refractivity contribution in [1.29, 1.82) is 0 Å². The van der Waals surface area contributed by atoms with Crippen molar-refractivity contribution < 1.29 is 14.1 Å². The van der Waals surface area contributed by atoms with Crippen LogP contribution in [0.3, 0.4) is 0 Å². The Kier molecular flexibility index (Phi) is 6.31. The number of amides is 1. The van der Waals surface area contributed by atoms with E-state index in [0.29, 0.717) is 34.5 Å². The van der Waals surface area contributed by atoms with Crippen LogP contribution >= 0.6 is 11.6 Å². The van der Waals surface area contributed by atoms with Crippen molar-refractivity contribution in [1.82, 2.24) is 15.5 Å². The van der Waals surface area contributed by atoms with Gasteiger partial charge >= 0.3 is 0 Å². The molecule has 1 atom stereocenters. The van der Waals surface area contributed by atoms with Gasteiger partial charge in [-0.05, 0) is 44.0 Å². The number of nitrogens with zero attached hydrogens (tertiary/aromatic N) is 2. The number of nitrogens with one attached hydrogen (secondary N) is 1. The molecule has 0 fully saturated rings. The molecule has 7 heteroatoms. The number of hydrogen-bond acceptors (Lipinski definition) is 5. The molecule has 0 saturated heterocycles. The first-order valence-electron chi connectivity index (χ1n) is 9.07. The molecule has 2 aromatic carbocycles. The summed E-state index contributed by atoms with van der Waals surface area (Å²) in [6.45, 7) is 5.99. The highest BCUT2D eigenvalue weighted by Gasteiger charge is 2.20. The highest BCUT2D eigenvalue weighted by Crippen LogP contribution is 2.25. The van der Waals surface area contributed by atoms with Gasteiger partial charge in [0.15, 0.2) is 6.10 Å². The third-order valence-corrected chi connectivity index (χ3v) is 4.59. The lowest BCUT2D eigenvalue weighted by molar-refractivity contribution is -0.128. The Balaban J connectivity index is 1.62. The smallest absolute Gasteiger partial charge is 0.261 e. The third kappa shape index (κ3) is 4.70. The maximum atomic E-state index is 12.5. The van der Waals surface area contributed by atoms with E-state index in [1.165, 1.54) is 0 Å². The number of carbonyl (C=O) groups is 1. The summed E-state index contributed by atoms with van der Waals surface area (Å²) in [7, 11) is 0. The Hall–Kier alpha value is -2.86. The summed E-state index contributed by atoms with van der Waals surface area (Å²) >= 11 is 6.15. The second-order valence-electron chi connectivity index (χ2n) is 6.49. The first-order chi connectivity index (χ1) is 13.5. The predicted molar refractivity (Wildman–Crippen MR) is 107 cm³/mol. The average Bonchev–Trinajstić information content (AvgIpc) is 3.14. The van der Waals surface area contributed by atoms with Crippen molar-refractivity contribution in [3.63, 3.8) is 0 Å². The van der Waals surface area contributed by atoms with Crippen LogP contribution in [-0.2, 0) is 11.3 Å². The maximum absolute atomic E-state index is 12.5. The van der Waals surface area contributed by atoms with Gasteiger partial charge in [-0.2, -0.15) is 4.98 Å². The number of benzene rings is 2. The Bertz CT molecular complexity index is 971. The van der Waals surface area contributed by atoms with Crippen molar-refractivity contribution >= 4 is 17.5 Å². The van der Waals surface area contributed by atoms with Crippen molar-refractivity contribution in [3.05, 3.63) is 64.5 Å². The largest absolute Gasteiger partial charge is 0.480 e. The van der Waals surface area contributed by atoms with Gasteiger partial charge in [-0.15, -0.1) is 0 Å². The third-order valence-electron chi connectivity index (χ3n) is 4.26.